The number of amides is 1. The molecule has 0 unspecified atom stereocenters. The van der Waals surface area contributed by atoms with Gasteiger partial charge >= 0.3 is 0 Å². The lowest BCUT2D eigenvalue weighted by Gasteiger charge is -2.12. The predicted molar refractivity (Wildman–Crippen MR) is 117 cm³/mol. The van der Waals surface area contributed by atoms with Crippen molar-refractivity contribution in [3.8, 4) is 23.0 Å². The number of rotatable bonds is 12. The Labute approximate surface area is 178 Å². The molecule has 0 aliphatic heterocycles. The van der Waals surface area contributed by atoms with Crippen LogP contribution >= 0.6 is 0 Å². The van der Waals surface area contributed by atoms with E-state index in [0.29, 0.717) is 35.0 Å². The number of nitrogens with zero attached hydrogens (tertiary/aromatic N) is 1. The molecule has 0 atom stereocenters. The molecule has 162 valence electrons. The highest BCUT2D eigenvalue weighted by atomic mass is 16.5. The van der Waals surface area contributed by atoms with Crippen molar-refractivity contribution in [2.45, 2.75) is 32.6 Å². The number of nitrogens with one attached hydrogen (secondary N) is 1. The summed E-state index contributed by atoms with van der Waals surface area (Å²) in [5.74, 6) is 1.95. The van der Waals surface area contributed by atoms with E-state index in [-0.39, 0.29) is 5.91 Å². The van der Waals surface area contributed by atoms with Gasteiger partial charge < -0.3 is 18.9 Å². The highest BCUT2D eigenvalue weighted by Gasteiger charge is 2.12. The summed E-state index contributed by atoms with van der Waals surface area (Å²) >= 11 is 0. The molecule has 2 aromatic rings. The molecule has 2 rings (SSSR count). The standard InChI is InChI=1S/C23H30N2O5/c1-5-6-7-8-13-30-19-11-9-18(10-12-19)23(26)25-24-16-17-14-20(27-2)22(29-4)21(15-17)28-3/h9-12,14-16H,5-8,13H2,1-4H3,(H,25,26). The van der Waals surface area contributed by atoms with Gasteiger partial charge in [-0.05, 0) is 42.8 Å². The van der Waals surface area contributed by atoms with Crippen LogP contribution in [0.3, 0.4) is 0 Å². The number of hydrogen-bond acceptors (Lipinski definition) is 6. The van der Waals surface area contributed by atoms with Gasteiger partial charge in [0.25, 0.3) is 5.91 Å². The summed E-state index contributed by atoms with van der Waals surface area (Å²) in [5.41, 5.74) is 3.70. The lowest BCUT2D eigenvalue weighted by Crippen LogP contribution is -2.17. The van der Waals surface area contributed by atoms with Crippen LogP contribution in [-0.4, -0.2) is 40.1 Å². The first-order valence-corrected chi connectivity index (χ1v) is 9.99. The zero-order valence-corrected chi connectivity index (χ0v) is 18.1. The van der Waals surface area contributed by atoms with E-state index in [1.165, 1.54) is 32.6 Å². The van der Waals surface area contributed by atoms with Crippen molar-refractivity contribution >= 4 is 12.1 Å². The van der Waals surface area contributed by atoms with Gasteiger partial charge in [0.05, 0.1) is 34.2 Å². The van der Waals surface area contributed by atoms with Crippen molar-refractivity contribution in [1.29, 1.82) is 0 Å². The van der Waals surface area contributed by atoms with Gasteiger partial charge in [0, 0.05) is 11.1 Å². The molecule has 0 fully saturated rings. The average Bonchev–Trinajstić information content (AvgIpc) is 2.78. The quantitative estimate of drug-likeness (QED) is 0.316. The molecule has 7 heteroatoms. The van der Waals surface area contributed by atoms with E-state index < -0.39 is 0 Å². The van der Waals surface area contributed by atoms with Crippen LogP contribution in [0, 0.1) is 0 Å². The van der Waals surface area contributed by atoms with Crippen LogP contribution in [0.2, 0.25) is 0 Å². The molecule has 0 bridgehead atoms. The molecule has 0 saturated carbocycles. The Hall–Kier alpha value is -3.22. The van der Waals surface area contributed by atoms with Gasteiger partial charge in [-0.3, -0.25) is 4.79 Å². The Morgan fingerprint density at radius 1 is 0.967 bits per heavy atom. The minimum Gasteiger partial charge on any atom is -0.494 e. The van der Waals surface area contributed by atoms with Gasteiger partial charge in [-0.15, -0.1) is 0 Å². The van der Waals surface area contributed by atoms with E-state index in [4.69, 9.17) is 18.9 Å². The Kier molecular flexibility index (Phi) is 9.51. The Balaban J connectivity index is 1.93. The number of hydrogen-bond donors (Lipinski definition) is 1. The molecule has 0 spiro atoms. The molecule has 2 aromatic carbocycles. The van der Waals surface area contributed by atoms with Crippen molar-refractivity contribution in [3.05, 3.63) is 47.5 Å². The molecule has 1 amide bonds. The Morgan fingerprint density at radius 3 is 2.20 bits per heavy atom. The van der Waals surface area contributed by atoms with Crippen molar-refractivity contribution in [1.82, 2.24) is 5.43 Å². The van der Waals surface area contributed by atoms with Crippen LogP contribution in [0.4, 0.5) is 0 Å². The van der Waals surface area contributed by atoms with Crippen molar-refractivity contribution in [2.75, 3.05) is 27.9 Å². The topological polar surface area (TPSA) is 78.4 Å². The molecule has 0 aromatic heterocycles. The lowest BCUT2D eigenvalue weighted by atomic mass is 10.2. The van der Waals surface area contributed by atoms with E-state index in [2.05, 4.69) is 17.5 Å². The van der Waals surface area contributed by atoms with Gasteiger partial charge in [-0.1, -0.05) is 26.2 Å². The normalized spacial score (nSPS) is 10.7. The summed E-state index contributed by atoms with van der Waals surface area (Å²) < 4.78 is 21.6. The zero-order chi connectivity index (χ0) is 21.8. The number of ether oxygens (including phenoxy) is 4. The fraction of sp³-hybridized carbons (Fsp3) is 0.391. The van der Waals surface area contributed by atoms with E-state index in [1.54, 1.807) is 50.6 Å². The minimum absolute atomic E-state index is 0.312. The third-order valence-corrected chi connectivity index (χ3v) is 4.45. The molecule has 1 N–H and O–H groups in total. The number of benzene rings is 2. The first-order valence-electron chi connectivity index (χ1n) is 9.99. The van der Waals surface area contributed by atoms with Crippen LogP contribution in [0.1, 0.15) is 48.5 Å². The van der Waals surface area contributed by atoms with E-state index in [9.17, 15) is 4.79 Å². The van der Waals surface area contributed by atoms with Crippen LogP contribution < -0.4 is 24.4 Å². The monoisotopic (exact) mass is 414 g/mol. The Morgan fingerprint density at radius 2 is 1.63 bits per heavy atom. The third kappa shape index (κ3) is 6.69. The summed E-state index contributed by atoms with van der Waals surface area (Å²) in [6, 6.07) is 10.5. The van der Waals surface area contributed by atoms with E-state index >= 15 is 0 Å². The highest BCUT2D eigenvalue weighted by molar-refractivity contribution is 5.95. The fourth-order valence-corrected chi connectivity index (χ4v) is 2.83. The van der Waals surface area contributed by atoms with Gasteiger partial charge in [-0.2, -0.15) is 5.10 Å². The summed E-state index contributed by atoms with van der Waals surface area (Å²) in [5, 5.41) is 4.02. The van der Waals surface area contributed by atoms with Crippen molar-refractivity contribution in [3.63, 3.8) is 0 Å². The third-order valence-electron chi connectivity index (χ3n) is 4.45. The van der Waals surface area contributed by atoms with Crippen LogP contribution in [0.25, 0.3) is 0 Å². The molecule has 7 nitrogen and oxygen atoms in total. The maximum atomic E-state index is 12.3. The van der Waals surface area contributed by atoms with Crippen molar-refractivity contribution in [2.24, 2.45) is 5.10 Å². The lowest BCUT2D eigenvalue weighted by molar-refractivity contribution is 0.0955. The van der Waals surface area contributed by atoms with Gasteiger partial charge in [0.15, 0.2) is 11.5 Å². The zero-order valence-electron chi connectivity index (χ0n) is 18.1. The second kappa shape index (κ2) is 12.4. The molecule has 0 aliphatic rings. The fourth-order valence-electron chi connectivity index (χ4n) is 2.83. The minimum atomic E-state index is -0.312. The first kappa shape index (κ1) is 23.1. The second-order valence-electron chi connectivity index (χ2n) is 6.59. The smallest absolute Gasteiger partial charge is 0.271 e. The molecule has 0 radical (unpaired) electrons. The second-order valence-corrected chi connectivity index (χ2v) is 6.59. The number of carbonyl (C=O) groups excluding carboxylic acids is 1. The summed E-state index contributed by atoms with van der Waals surface area (Å²) in [7, 11) is 4.62. The van der Waals surface area contributed by atoms with Crippen LogP contribution in [0.5, 0.6) is 23.0 Å². The number of hydrazone groups is 1. The van der Waals surface area contributed by atoms with Crippen molar-refractivity contribution < 1.29 is 23.7 Å². The molecule has 0 heterocycles. The van der Waals surface area contributed by atoms with Gasteiger partial charge in [-0.25, -0.2) is 5.43 Å². The predicted octanol–water partition coefficient (Wildman–Crippen LogP) is 4.44. The largest absolute Gasteiger partial charge is 0.494 e. The van der Waals surface area contributed by atoms with Crippen LogP contribution in [0.15, 0.2) is 41.5 Å². The molecular weight excluding hydrogens is 384 g/mol. The molecule has 30 heavy (non-hydrogen) atoms. The Bertz CT molecular complexity index is 809. The van der Waals surface area contributed by atoms with E-state index in [1.807, 2.05) is 0 Å². The highest BCUT2D eigenvalue weighted by Crippen LogP contribution is 2.37. The van der Waals surface area contributed by atoms with Crippen LogP contribution in [-0.2, 0) is 0 Å². The summed E-state index contributed by atoms with van der Waals surface area (Å²) in [4.78, 5) is 12.3. The number of unbranched alkanes of at least 4 members (excludes halogenated alkanes) is 3. The molecular formula is C23H30N2O5. The SMILES string of the molecule is CCCCCCOc1ccc(C(=O)NN=Cc2cc(OC)c(OC)c(OC)c2)cc1. The maximum Gasteiger partial charge on any atom is 0.271 e. The first-order chi connectivity index (χ1) is 14.6. The molecule has 0 saturated heterocycles. The van der Waals surface area contributed by atoms with E-state index in [0.717, 1.165) is 12.2 Å². The summed E-state index contributed by atoms with van der Waals surface area (Å²) in [6.45, 7) is 2.87. The number of methoxy groups -OCH3 is 3. The van der Waals surface area contributed by atoms with Gasteiger partial charge in [0.2, 0.25) is 5.75 Å². The maximum absolute atomic E-state index is 12.3. The molecule has 0 aliphatic carbocycles. The average molecular weight is 415 g/mol. The summed E-state index contributed by atoms with van der Waals surface area (Å²) in [6.07, 6.45) is 6.13. The van der Waals surface area contributed by atoms with Gasteiger partial charge in [0.1, 0.15) is 5.75 Å². The number of carbonyl (C=O) groups is 1.